The number of rotatable bonds is 6. The lowest BCUT2D eigenvalue weighted by molar-refractivity contribution is -0.199. The van der Waals surface area contributed by atoms with Crippen LogP contribution in [0.4, 0.5) is 0 Å². The Morgan fingerprint density at radius 2 is 2.00 bits per heavy atom. The molecule has 0 radical (unpaired) electrons. The van der Waals surface area contributed by atoms with Crippen molar-refractivity contribution < 1.29 is 14.6 Å². The Bertz CT molecular complexity index is 582. The number of halogens is 2. The fourth-order valence-electron chi connectivity index (χ4n) is 2.08. The van der Waals surface area contributed by atoms with Gasteiger partial charge < -0.3 is 11.1 Å². The Morgan fingerprint density at radius 1 is 1.27 bits per heavy atom. The largest absolute Gasteiger partial charge is 0.349 e. The van der Waals surface area contributed by atoms with Crippen molar-refractivity contribution in [2.45, 2.75) is 18.9 Å². The summed E-state index contributed by atoms with van der Waals surface area (Å²) < 4.78 is 0. The minimum absolute atomic E-state index is 0.164. The molecule has 2 rings (SSSR count). The van der Waals surface area contributed by atoms with Crippen LogP contribution in [0.25, 0.3) is 0 Å². The summed E-state index contributed by atoms with van der Waals surface area (Å²) in [6.07, 6.45) is 5.85. The van der Waals surface area contributed by atoms with Crippen LogP contribution in [-0.2, 0) is 9.78 Å². The first kappa shape index (κ1) is 16.7. The first-order valence-electron chi connectivity index (χ1n) is 6.74. The van der Waals surface area contributed by atoms with Gasteiger partial charge in [0.05, 0.1) is 15.6 Å². The molecule has 1 amide bonds. The number of allylic oxidation sites excluding steroid dienone is 1. The van der Waals surface area contributed by atoms with Gasteiger partial charge in [0.2, 0.25) is 0 Å². The molecule has 1 aliphatic rings. The molecule has 0 saturated heterocycles. The number of carbonyl (C=O) groups is 1. The standard InChI is InChI=1S/C15H16Cl2N2O3/c16-12-2-1-3-13(17)14(12)15(20)19-11(4-6-18)8-10-5-7-21-22-9-10/h1-3,5,7,9,11H,4,6,8,18H2,(H,19,20)/t11-/m1/s1. The molecule has 1 heterocycles. The fraction of sp³-hybridized carbons (Fsp3) is 0.267. The average Bonchev–Trinajstić information content (AvgIpc) is 2.48. The number of hydrogen-bond acceptors (Lipinski definition) is 4. The quantitative estimate of drug-likeness (QED) is 0.778. The highest BCUT2D eigenvalue weighted by molar-refractivity contribution is 6.39. The smallest absolute Gasteiger partial charge is 0.254 e. The maximum atomic E-state index is 12.4. The van der Waals surface area contributed by atoms with Crippen molar-refractivity contribution in [1.82, 2.24) is 5.32 Å². The summed E-state index contributed by atoms with van der Waals surface area (Å²) in [6, 6.07) is 4.77. The van der Waals surface area contributed by atoms with Gasteiger partial charge in [0, 0.05) is 6.04 Å². The minimum atomic E-state index is -0.327. The lowest BCUT2D eigenvalue weighted by Crippen LogP contribution is -2.37. The van der Waals surface area contributed by atoms with Gasteiger partial charge in [-0.2, -0.15) is 0 Å². The number of carbonyl (C=O) groups excluding carboxylic acids is 1. The first-order chi connectivity index (χ1) is 10.6. The summed E-state index contributed by atoms with van der Waals surface area (Å²) in [6.45, 7) is 0.440. The van der Waals surface area contributed by atoms with Gasteiger partial charge in [-0.1, -0.05) is 29.3 Å². The van der Waals surface area contributed by atoms with Crippen LogP contribution in [0, 0.1) is 0 Å². The third-order valence-corrected chi connectivity index (χ3v) is 3.74. The van der Waals surface area contributed by atoms with E-state index in [0.717, 1.165) is 5.57 Å². The van der Waals surface area contributed by atoms with E-state index in [9.17, 15) is 4.79 Å². The summed E-state index contributed by atoms with van der Waals surface area (Å²) in [7, 11) is 0. The average molecular weight is 343 g/mol. The second-order valence-corrected chi connectivity index (χ2v) is 5.55. The highest BCUT2D eigenvalue weighted by atomic mass is 35.5. The molecule has 0 fully saturated rings. The Balaban J connectivity index is 2.08. The van der Waals surface area contributed by atoms with Gasteiger partial charge in [0.25, 0.3) is 5.91 Å². The number of benzene rings is 1. The zero-order valence-corrected chi connectivity index (χ0v) is 13.2. The van der Waals surface area contributed by atoms with E-state index in [1.54, 1.807) is 24.3 Å². The van der Waals surface area contributed by atoms with Gasteiger partial charge in [0.1, 0.15) is 12.5 Å². The normalized spacial score (nSPS) is 14.6. The second-order valence-electron chi connectivity index (χ2n) is 4.74. The van der Waals surface area contributed by atoms with Crippen LogP contribution in [0.2, 0.25) is 10.0 Å². The summed E-state index contributed by atoms with van der Waals surface area (Å²) in [4.78, 5) is 21.8. The summed E-state index contributed by atoms with van der Waals surface area (Å²) in [5, 5.41) is 3.52. The van der Waals surface area contributed by atoms with E-state index < -0.39 is 0 Å². The fourth-order valence-corrected chi connectivity index (χ4v) is 2.64. The SMILES string of the molecule is NCC[C@H](CC1=COOC=C1)NC(=O)c1c(Cl)cccc1Cl. The van der Waals surface area contributed by atoms with E-state index in [4.69, 9.17) is 33.8 Å². The molecule has 1 aromatic carbocycles. The number of nitrogens with one attached hydrogen (secondary N) is 1. The molecule has 5 nitrogen and oxygen atoms in total. The van der Waals surface area contributed by atoms with Crippen LogP contribution >= 0.6 is 23.2 Å². The molecule has 22 heavy (non-hydrogen) atoms. The molecule has 0 aliphatic carbocycles. The maximum absolute atomic E-state index is 12.4. The van der Waals surface area contributed by atoms with Crippen molar-refractivity contribution >= 4 is 29.1 Å². The molecule has 0 unspecified atom stereocenters. The Morgan fingerprint density at radius 3 is 2.59 bits per heavy atom. The lowest BCUT2D eigenvalue weighted by atomic mass is 10.0. The topological polar surface area (TPSA) is 73.6 Å². The molecule has 0 spiro atoms. The van der Waals surface area contributed by atoms with Gasteiger partial charge in [-0.15, -0.1) is 0 Å². The molecule has 118 valence electrons. The highest BCUT2D eigenvalue weighted by Crippen LogP contribution is 2.24. The zero-order chi connectivity index (χ0) is 15.9. The minimum Gasteiger partial charge on any atom is -0.349 e. The van der Waals surface area contributed by atoms with Crippen molar-refractivity contribution in [3.63, 3.8) is 0 Å². The van der Waals surface area contributed by atoms with Crippen LogP contribution in [0.15, 0.2) is 42.4 Å². The van der Waals surface area contributed by atoms with Crippen molar-refractivity contribution in [1.29, 1.82) is 0 Å². The zero-order valence-electron chi connectivity index (χ0n) is 11.7. The highest BCUT2D eigenvalue weighted by Gasteiger charge is 2.19. The van der Waals surface area contributed by atoms with E-state index >= 15 is 0 Å². The van der Waals surface area contributed by atoms with Gasteiger partial charge in [-0.25, -0.2) is 0 Å². The second kappa shape index (κ2) is 8.08. The van der Waals surface area contributed by atoms with E-state index in [0.29, 0.717) is 29.4 Å². The van der Waals surface area contributed by atoms with Gasteiger partial charge in [0.15, 0.2) is 0 Å². The molecule has 7 heteroatoms. The predicted octanol–water partition coefficient (Wildman–Crippen LogP) is 3.19. The Labute approximate surface area is 138 Å². The Kier molecular flexibility index (Phi) is 6.12. The van der Waals surface area contributed by atoms with Crippen LogP contribution in [0.3, 0.4) is 0 Å². The molecule has 0 saturated carbocycles. The number of hydrogen-bond donors (Lipinski definition) is 2. The molecule has 1 atom stereocenters. The lowest BCUT2D eigenvalue weighted by Gasteiger charge is -2.20. The van der Waals surface area contributed by atoms with Crippen LogP contribution in [-0.4, -0.2) is 18.5 Å². The predicted molar refractivity (Wildman–Crippen MR) is 85.4 cm³/mol. The molecule has 1 aliphatic heterocycles. The van der Waals surface area contributed by atoms with Gasteiger partial charge >= 0.3 is 0 Å². The van der Waals surface area contributed by atoms with Crippen molar-refractivity contribution in [2.75, 3.05) is 6.54 Å². The molecule has 0 bridgehead atoms. The molecular weight excluding hydrogens is 327 g/mol. The molecular formula is C15H16Cl2N2O3. The monoisotopic (exact) mass is 342 g/mol. The summed E-state index contributed by atoms with van der Waals surface area (Å²) in [5.74, 6) is -0.327. The van der Waals surface area contributed by atoms with Gasteiger partial charge in [-0.05, 0) is 43.2 Å². The van der Waals surface area contributed by atoms with E-state index in [-0.39, 0.29) is 17.5 Å². The Hall–Kier alpha value is -1.69. The van der Waals surface area contributed by atoms with E-state index in [1.807, 2.05) is 0 Å². The van der Waals surface area contributed by atoms with E-state index in [1.165, 1.54) is 12.5 Å². The van der Waals surface area contributed by atoms with Gasteiger partial charge in [-0.3, -0.25) is 14.6 Å². The number of amides is 1. The first-order valence-corrected chi connectivity index (χ1v) is 7.50. The maximum Gasteiger partial charge on any atom is 0.254 e. The molecule has 1 aromatic rings. The van der Waals surface area contributed by atoms with E-state index in [2.05, 4.69) is 10.2 Å². The van der Waals surface area contributed by atoms with Crippen LogP contribution in [0.5, 0.6) is 0 Å². The molecule has 0 aromatic heterocycles. The van der Waals surface area contributed by atoms with Crippen LogP contribution in [0.1, 0.15) is 23.2 Å². The molecule has 3 N–H and O–H groups in total. The third-order valence-electron chi connectivity index (χ3n) is 3.11. The summed E-state index contributed by atoms with van der Waals surface area (Å²) in [5.41, 5.74) is 6.76. The van der Waals surface area contributed by atoms with Crippen molar-refractivity contribution in [3.05, 3.63) is 58.0 Å². The van der Waals surface area contributed by atoms with Crippen molar-refractivity contribution in [2.24, 2.45) is 5.73 Å². The van der Waals surface area contributed by atoms with Crippen molar-refractivity contribution in [3.8, 4) is 0 Å². The number of nitrogens with two attached hydrogens (primary N) is 1. The van der Waals surface area contributed by atoms with Crippen LogP contribution < -0.4 is 11.1 Å². The summed E-state index contributed by atoms with van der Waals surface area (Å²) >= 11 is 12.1. The third kappa shape index (κ3) is 4.40.